The molecule has 1 aromatic rings. The largest absolute Gasteiger partial charge is 0.444 e. The zero-order valence-electron chi connectivity index (χ0n) is 12.8. The van der Waals surface area contributed by atoms with E-state index in [1.54, 1.807) is 18.0 Å². The summed E-state index contributed by atoms with van der Waals surface area (Å²) in [5, 5.41) is 8.89. The maximum atomic E-state index is 12.0. The summed E-state index contributed by atoms with van der Waals surface area (Å²) in [5.41, 5.74) is 1.17. The molecule has 4 heteroatoms. The van der Waals surface area contributed by atoms with Gasteiger partial charge in [-0.1, -0.05) is 12.1 Å². The molecule has 1 amide bonds. The van der Waals surface area contributed by atoms with Crippen LogP contribution in [0.1, 0.15) is 38.8 Å². The first kappa shape index (κ1) is 16.0. The summed E-state index contributed by atoms with van der Waals surface area (Å²) in [6.07, 6.45) is 0.354. The Bertz CT molecular complexity index is 512. The molecule has 0 spiro atoms. The molecule has 1 atom stereocenters. The molecule has 0 aliphatic carbocycles. The molecule has 0 aliphatic heterocycles. The Kier molecular flexibility index (Phi) is 5.15. The highest BCUT2D eigenvalue weighted by Crippen LogP contribution is 2.14. The average molecular weight is 274 g/mol. The summed E-state index contributed by atoms with van der Waals surface area (Å²) in [6, 6.07) is 9.55. The van der Waals surface area contributed by atoms with Gasteiger partial charge in [0.2, 0.25) is 0 Å². The Morgan fingerprint density at radius 2 is 2.10 bits per heavy atom. The number of nitrogens with zero attached hydrogens (tertiary/aromatic N) is 2. The van der Waals surface area contributed by atoms with Crippen molar-refractivity contribution in [2.75, 3.05) is 7.05 Å². The van der Waals surface area contributed by atoms with E-state index in [-0.39, 0.29) is 12.1 Å². The Morgan fingerprint density at radius 3 is 2.65 bits per heavy atom. The minimum absolute atomic E-state index is 0.00112. The summed E-state index contributed by atoms with van der Waals surface area (Å²) in [7, 11) is 1.73. The Labute approximate surface area is 121 Å². The lowest BCUT2D eigenvalue weighted by Crippen LogP contribution is -2.40. The van der Waals surface area contributed by atoms with Crippen molar-refractivity contribution in [1.29, 1.82) is 5.26 Å². The van der Waals surface area contributed by atoms with Crippen LogP contribution in [0.25, 0.3) is 0 Å². The van der Waals surface area contributed by atoms with Crippen LogP contribution >= 0.6 is 0 Å². The second-order valence-electron chi connectivity index (χ2n) is 5.96. The van der Waals surface area contributed by atoms with Crippen molar-refractivity contribution in [3.05, 3.63) is 35.4 Å². The van der Waals surface area contributed by atoms with Crippen LogP contribution in [-0.4, -0.2) is 29.7 Å². The van der Waals surface area contributed by atoms with E-state index in [1.165, 1.54) is 0 Å². The molecule has 1 rings (SSSR count). The monoisotopic (exact) mass is 274 g/mol. The molecule has 0 unspecified atom stereocenters. The van der Waals surface area contributed by atoms with Gasteiger partial charge in [-0.15, -0.1) is 0 Å². The fourth-order valence-electron chi connectivity index (χ4n) is 1.76. The van der Waals surface area contributed by atoms with Crippen LogP contribution in [0.2, 0.25) is 0 Å². The van der Waals surface area contributed by atoms with E-state index in [2.05, 4.69) is 6.07 Å². The third-order valence-corrected chi connectivity index (χ3v) is 2.93. The summed E-state index contributed by atoms with van der Waals surface area (Å²) in [6.45, 7) is 7.50. The lowest BCUT2D eigenvalue weighted by atomic mass is 10.0. The Morgan fingerprint density at radius 1 is 1.45 bits per heavy atom. The van der Waals surface area contributed by atoms with Gasteiger partial charge in [-0.05, 0) is 51.8 Å². The van der Waals surface area contributed by atoms with Crippen LogP contribution in [0.3, 0.4) is 0 Å². The van der Waals surface area contributed by atoms with E-state index in [1.807, 2.05) is 45.9 Å². The van der Waals surface area contributed by atoms with Crippen molar-refractivity contribution < 1.29 is 9.53 Å². The first-order valence-corrected chi connectivity index (χ1v) is 6.68. The van der Waals surface area contributed by atoms with Crippen molar-refractivity contribution in [1.82, 2.24) is 4.90 Å². The minimum atomic E-state index is -0.494. The van der Waals surface area contributed by atoms with E-state index in [0.717, 1.165) is 5.56 Å². The molecule has 0 heterocycles. The van der Waals surface area contributed by atoms with Crippen molar-refractivity contribution in [2.24, 2.45) is 0 Å². The second-order valence-corrected chi connectivity index (χ2v) is 5.96. The number of ether oxygens (including phenoxy) is 1. The highest BCUT2D eigenvalue weighted by atomic mass is 16.6. The van der Waals surface area contributed by atoms with E-state index in [0.29, 0.717) is 12.0 Å². The molecular weight excluding hydrogens is 252 g/mol. The van der Waals surface area contributed by atoms with E-state index in [4.69, 9.17) is 10.00 Å². The second kappa shape index (κ2) is 6.42. The lowest BCUT2D eigenvalue weighted by Gasteiger charge is -2.28. The minimum Gasteiger partial charge on any atom is -0.444 e. The lowest BCUT2D eigenvalue weighted by molar-refractivity contribution is 0.0236. The average Bonchev–Trinajstić information content (AvgIpc) is 2.36. The van der Waals surface area contributed by atoms with Gasteiger partial charge in [-0.25, -0.2) is 4.79 Å². The van der Waals surface area contributed by atoms with Crippen LogP contribution in [0.15, 0.2) is 24.3 Å². The van der Waals surface area contributed by atoms with E-state index in [9.17, 15) is 4.79 Å². The van der Waals surface area contributed by atoms with Gasteiger partial charge in [0.05, 0.1) is 11.6 Å². The van der Waals surface area contributed by atoms with Gasteiger partial charge in [0.25, 0.3) is 0 Å². The third-order valence-electron chi connectivity index (χ3n) is 2.93. The van der Waals surface area contributed by atoms with Crippen molar-refractivity contribution in [2.45, 2.75) is 45.8 Å². The fraction of sp³-hybridized carbons (Fsp3) is 0.500. The summed E-state index contributed by atoms with van der Waals surface area (Å²) in [4.78, 5) is 13.6. The highest BCUT2D eigenvalue weighted by molar-refractivity contribution is 5.68. The number of benzene rings is 1. The molecule has 0 radical (unpaired) electrons. The van der Waals surface area contributed by atoms with Crippen molar-refractivity contribution >= 4 is 6.09 Å². The van der Waals surface area contributed by atoms with Crippen LogP contribution in [0.5, 0.6) is 0 Å². The number of hydrogen-bond acceptors (Lipinski definition) is 3. The number of hydrogen-bond donors (Lipinski definition) is 0. The Balaban J connectivity index is 2.68. The Hall–Kier alpha value is -2.02. The molecule has 108 valence electrons. The SMILES string of the molecule is C[C@H](Cc1cccc(C#N)c1)N(C)C(=O)OC(C)(C)C. The number of amides is 1. The number of rotatable bonds is 3. The van der Waals surface area contributed by atoms with Gasteiger partial charge < -0.3 is 9.64 Å². The molecule has 1 aromatic carbocycles. The van der Waals surface area contributed by atoms with Gasteiger partial charge in [-0.3, -0.25) is 0 Å². The van der Waals surface area contributed by atoms with Gasteiger partial charge in [0.1, 0.15) is 5.60 Å². The highest BCUT2D eigenvalue weighted by Gasteiger charge is 2.22. The van der Waals surface area contributed by atoms with Crippen LogP contribution in [0.4, 0.5) is 4.79 Å². The van der Waals surface area contributed by atoms with Gasteiger partial charge in [-0.2, -0.15) is 5.26 Å². The molecule has 20 heavy (non-hydrogen) atoms. The quantitative estimate of drug-likeness (QED) is 0.849. The molecule has 0 bridgehead atoms. The number of likely N-dealkylation sites (N-methyl/N-ethyl adjacent to an activating group) is 1. The smallest absolute Gasteiger partial charge is 0.410 e. The summed E-state index contributed by atoms with van der Waals surface area (Å²) in [5.74, 6) is 0. The number of carbonyl (C=O) groups excluding carboxylic acids is 1. The van der Waals surface area contributed by atoms with Gasteiger partial charge in [0.15, 0.2) is 0 Å². The maximum absolute atomic E-state index is 12.0. The molecule has 0 saturated carbocycles. The molecule has 0 N–H and O–H groups in total. The molecular formula is C16H22N2O2. The number of nitriles is 1. The maximum Gasteiger partial charge on any atom is 0.410 e. The molecule has 0 fully saturated rings. The van der Waals surface area contributed by atoms with E-state index >= 15 is 0 Å². The molecule has 0 aromatic heterocycles. The van der Waals surface area contributed by atoms with Crippen molar-refractivity contribution in [3.63, 3.8) is 0 Å². The standard InChI is InChI=1S/C16H22N2O2/c1-12(18(5)15(19)20-16(2,3)4)9-13-7-6-8-14(10-13)11-17/h6-8,10,12H,9H2,1-5H3/t12-/m1/s1. The fourth-order valence-corrected chi connectivity index (χ4v) is 1.76. The van der Waals surface area contributed by atoms with Crippen LogP contribution in [0, 0.1) is 11.3 Å². The predicted octanol–water partition coefficient (Wildman–Crippen LogP) is 3.36. The summed E-state index contributed by atoms with van der Waals surface area (Å²) < 4.78 is 5.34. The zero-order valence-corrected chi connectivity index (χ0v) is 12.8. The summed E-state index contributed by atoms with van der Waals surface area (Å²) >= 11 is 0. The molecule has 4 nitrogen and oxygen atoms in total. The third kappa shape index (κ3) is 4.93. The molecule has 0 aliphatic rings. The van der Waals surface area contributed by atoms with Gasteiger partial charge in [0, 0.05) is 13.1 Å². The van der Waals surface area contributed by atoms with Crippen LogP contribution < -0.4 is 0 Å². The zero-order chi connectivity index (χ0) is 15.3. The first-order valence-electron chi connectivity index (χ1n) is 6.68. The van der Waals surface area contributed by atoms with E-state index < -0.39 is 5.60 Å². The van der Waals surface area contributed by atoms with Gasteiger partial charge >= 0.3 is 6.09 Å². The number of carbonyl (C=O) groups is 1. The normalized spacial score (nSPS) is 12.4. The predicted molar refractivity (Wildman–Crippen MR) is 78.3 cm³/mol. The topological polar surface area (TPSA) is 53.3 Å². The van der Waals surface area contributed by atoms with Crippen LogP contribution in [-0.2, 0) is 11.2 Å². The first-order chi connectivity index (χ1) is 9.23. The van der Waals surface area contributed by atoms with Crippen molar-refractivity contribution in [3.8, 4) is 6.07 Å². The molecule has 0 saturated heterocycles.